The molecule has 0 aliphatic heterocycles. The minimum Gasteiger partial charge on any atom is -0.394 e. The van der Waals surface area contributed by atoms with Gasteiger partial charge in [0.1, 0.15) is 0 Å². The highest BCUT2D eigenvalue weighted by atomic mass is 16.3. The zero-order chi connectivity index (χ0) is 15.3. The summed E-state index contributed by atoms with van der Waals surface area (Å²) < 4.78 is 0. The summed E-state index contributed by atoms with van der Waals surface area (Å²) in [5.41, 5.74) is 5.48. The van der Waals surface area contributed by atoms with E-state index in [9.17, 15) is 5.11 Å². The molecule has 1 fully saturated rings. The summed E-state index contributed by atoms with van der Waals surface area (Å²) in [7, 11) is 0. The van der Waals surface area contributed by atoms with Gasteiger partial charge in [-0.1, -0.05) is 19.3 Å². The van der Waals surface area contributed by atoms with Crippen LogP contribution in [0.5, 0.6) is 0 Å². The SMILES string of the molecule is CCN(CC)c1nc(N)nc(NC2(CO)CCCCC2)n1. The molecular weight excluding hydrogens is 268 g/mol. The first-order valence-electron chi connectivity index (χ1n) is 7.78. The number of anilines is 3. The normalized spacial score (nSPS) is 17.5. The monoisotopic (exact) mass is 294 g/mol. The molecule has 1 aliphatic rings. The predicted molar refractivity (Wildman–Crippen MR) is 84.3 cm³/mol. The Kier molecular flexibility index (Phi) is 5.17. The minimum absolute atomic E-state index is 0.0825. The zero-order valence-corrected chi connectivity index (χ0v) is 13.0. The fraction of sp³-hybridized carbons (Fsp3) is 0.786. The number of aliphatic hydroxyl groups excluding tert-OH is 1. The highest BCUT2D eigenvalue weighted by molar-refractivity contribution is 5.43. The molecule has 0 atom stereocenters. The summed E-state index contributed by atoms with van der Waals surface area (Å²) in [4.78, 5) is 14.9. The van der Waals surface area contributed by atoms with Crippen molar-refractivity contribution >= 4 is 17.8 Å². The third-order valence-electron chi connectivity index (χ3n) is 4.18. The maximum Gasteiger partial charge on any atom is 0.231 e. The van der Waals surface area contributed by atoms with Crippen molar-refractivity contribution in [1.82, 2.24) is 15.0 Å². The van der Waals surface area contributed by atoms with Crippen LogP contribution in [0.1, 0.15) is 46.0 Å². The molecule has 1 aromatic heterocycles. The average molecular weight is 294 g/mol. The van der Waals surface area contributed by atoms with E-state index in [2.05, 4.69) is 20.3 Å². The molecule has 118 valence electrons. The zero-order valence-electron chi connectivity index (χ0n) is 13.0. The number of nitrogens with one attached hydrogen (secondary N) is 1. The van der Waals surface area contributed by atoms with E-state index in [4.69, 9.17) is 5.73 Å². The highest BCUT2D eigenvalue weighted by Crippen LogP contribution is 2.30. The summed E-state index contributed by atoms with van der Waals surface area (Å²) in [5.74, 6) is 1.25. The first-order valence-corrected chi connectivity index (χ1v) is 7.78. The van der Waals surface area contributed by atoms with E-state index in [0.29, 0.717) is 11.9 Å². The summed E-state index contributed by atoms with van der Waals surface area (Å²) in [6.07, 6.45) is 5.28. The average Bonchev–Trinajstić information content (AvgIpc) is 2.49. The quantitative estimate of drug-likeness (QED) is 0.729. The standard InChI is InChI=1S/C14H26N6O/c1-3-20(4-2)13-17-11(15)16-12(18-13)19-14(10-21)8-6-5-7-9-14/h21H,3-10H2,1-2H3,(H3,15,16,17,18,19). The molecule has 0 unspecified atom stereocenters. The third-order valence-corrected chi connectivity index (χ3v) is 4.18. The lowest BCUT2D eigenvalue weighted by molar-refractivity contribution is 0.172. The van der Waals surface area contributed by atoms with Gasteiger partial charge in [0.2, 0.25) is 17.8 Å². The first-order chi connectivity index (χ1) is 10.1. The van der Waals surface area contributed by atoms with Gasteiger partial charge in [-0.15, -0.1) is 0 Å². The Morgan fingerprint density at radius 2 is 1.81 bits per heavy atom. The Morgan fingerprint density at radius 3 is 2.38 bits per heavy atom. The van der Waals surface area contributed by atoms with Crippen molar-refractivity contribution in [1.29, 1.82) is 0 Å². The van der Waals surface area contributed by atoms with Crippen molar-refractivity contribution in [3.8, 4) is 0 Å². The van der Waals surface area contributed by atoms with Crippen LogP contribution in [0, 0.1) is 0 Å². The number of hydrogen-bond donors (Lipinski definition) is 3. The van der Waals surface area contributed by atoms with Gasteiger partial charge in [-0.2, -0.15) is 15.0 Å². The van der Waals surface area contributed by atoms with Crippen LogP contribution in [0.2, 0.25) is 0 Å². The van der Waals surface area contributed by atoms with Gasteiger partial charge in [0.05, 0.1) is 12.1 Å². The van der Waals surface area contributed by atoms with Crippen molar-refractivity contribution < 1.29 is 5.11 Å². The fourth-order valence-corrected chi connectivity index (χ4v) is 2.87. The molecule has 0 saturated heterocycles. The van der Waals surface area contributed by atoms with Gasteiger partial charge in [0, 0.05) is 13.1 Å². The van der Waals surface area contributed by atoms with Gasteiger partial charge >= 0.3 is 0 Å². The van der Waals surface area contributed by atoms with E-state index in [-0.39, 0.29) is 18.1 Å². The Labute approximate surface area is 126 Å². The van der Waals surface area contributed by atoms with Crippen LogP contribution < -0.4 is 16.0 Å². The predicted octanol–water partition coefficient (Wildman–Crippen LogP) is 1.41. The van der Waals surface area contributed by atoms with Gasteiger partial charge in [0.25, 0.3) is 0 Å². The maximum absolute atomic E-state index is 9.77. The Bertz CT molecular complexity index is 457. The molecule has 1 aromatic rings. The van der Waals surface area contributed by atoms with Crippen LogP contribution in [-0.2, 0) is 0 Å². The summed E-state index contributed by atoms with van der Waals surface area (Å²) in [6.45, 7) is 5.80. The largest absolute Gasteiger partial charge is 0.394 e. The van der Waals surface area contributed by atoms with Crippen LogP contribution >= 0.6 is 0 Å². The molecular formula is C14H26N6O. The van der Waals surface area contributed by atoms with E-state index in [1.807, 2.05) is 18.7 Å². The van der Waals surface area contributed by atoms with E-state index in [1.54, 1.807) is 0 Å². The lowest BCUT2D eigenvalue weighted by Crippen LogP contribution is -2.44. The van der Waals surface area contributed by atoms with Gasteiger partial charge in [-0.05, 0) is 26.7 Å². The lowest BCUT2D eigenvalue weighted by atomic mass is 9.82. The molecule has 7 nitrogen and oxygen atoms in total. The lowest BCUT2D eigenvalue weighted by Gasteiger charge is -2.36. The smallest absolute Gasteiger partial charge is 0.231 e. The second-order valence-electron chi connectivity index (χ2n) is 5.61. The van der Waals surface area contributed by atoms with Crippen LogP contribution in [0.3, 0.4) is 0 Å². The molecule has 7 heteroatoms. The van der Waals surface area contributed by atoms with Crippen LogP contribution in [0.15, 0.2) is 0 Å². The Morgan fingerprint density at radius 1 is 1.14 bits per heavy atom. The van der Waals surface area contributed by atoms with Crippen LogP contribution in [0.25, 0.3) is 0 Å². The van der Waals surface area contributed by atoms with Crippen molar-refractivity contribution in [3.05, 3.63) is 0 Å². The highest BCUT2D eigenvalue weighted by Gasteiger charge is 2.32. The van der Waals surface area contributed by atoms with Crippen molar-refractivity contribution in [2.24, 2.45) is 0 Å². The number of nitrogen functional groups attached to an aromatic ring is 1. The minimum atomic E-state index is -0.327. The molecule has 1 aliphatic carbocycles. The second-order valence-corrected chi connectivity index (χ2v) is 5.61. The third kappa shape index (κ3) is 3.72. The summed E-state index contributed by atoms with van der Waals surface area (Å²) >= 11 is 0. The van der Waals surface area contributed by atoms with Gasteiger partial charge in [-0.3, -0.25) is 0 Å². The van der Waals surface area contributed by atoms with Crippen LogP contribution in [0.4, 0.5) is 17.8 Å². The summed E-state index contributed by atoms with van der Waals surface area (Å²) in [5, 5.41) is 13.1. The molecule has 4 N–H and O–H groups in total. The number of aromatic nitrogens is 3. The molecule has 21 heavy (non-hydrogen) atoms. The topological polar surface area (TPSA) is 100 Å². The number of rotatable bonds is 6. The van der Waals surface area contributed by atoms with Crippen LogP contribution in [-0.4, -0.2) is 45.3 Å². The van der Waals surface area contributed by atoms with E-state index in [1.165, 1.54) is 6.42 Å². The fourth-order valence-electron chi connectivity index (χ4n) is 2.87. The van der Waals surface area contributed by atoms with Crippen molar-refractivity contribution in [3.63, 3.8) is 0 Å². The number of nitrogens with two attached hydrogens (primary N) is 1. The molecule has 0 aromatic carbocycles. The second kappa shape index (κ2) is 6.89. The first kappa shape index (κ1) is 15.8. The van der Waals surface area contributed by atoms with E-state index >= 15 is 0 Å². The Balaban J connectivity index is 2.22. The van der Waals surface area contributed by atoms with Crippen molar-refractivity contribution in [2.75, 3.05) is 35.6 Å². The molecule has 0 spiro atoms. The van der Waals surface area contributed by atoms with Gasteiger partial charge < -0.3 is 21.1 Å². The molecule has 1 saturated carbocycles. The molecule has 0 radical (unpaired) electrons. The number of aliphatic hydroxyl groups is 1. The number of nitrogens with zero attached hydrogens (tertiary/aromatic N) is 4. The van der Waals surface area contributed by atoms with Gasteiger partial charge in [-0.25, -0.2) is 0 Å². The molecule has 1 heterocycles. The van der Waals surface area contributed by atoms with E-state index < -0.39 is 0 Å². The van der Waals surface area contributed by atoms with Crippen molar-refractivity contribution in [2.45, 2.75) is 51.5 Å². The number of hydrogen-bond acceptors (Lipinski definition) is 7. The maximum atomic E-state index is 9.77. The van der Waals surface area contributed by atoms with Gasteiger partial charge in [0.15, 0.2) is 0 Å². The summed E-state index contributed by atoms with van der Waals surface area (Å²) in [6, 6.07) is 0. The molecule has 0 bridgehead atoms. The molecule has 2 rings (SSSR count). The van der Waals surface area contributed by atoms with E-state index in [0.717, 1.165) is 38.8 Å². The molecule has 0 amide bonds. The Hall–Kier alpha value is -1.63.